The van der Waals surface area contributed by atoms with Crippen LogP contribution in [0.1, 0.15) is 37.0 Å². The molecule has 1 aromatic rings. The van der Waals surface area contributed by atoms with Gasteiger partial charge in [0.05, 0.1) is 4.92 Å². The number of nitro groups is 1. The van der Waals surface area contributed by atoms with Gasteiger partial charge in [-0.1, -0.05) is 6.92 Å². The van der Waals surface area contributed by atoms with Gasteiger partial charge in [0.1, 0.15) is 0 Å². The second kappa shape index (κ2) is 7.98. The van der Waals surface area contributed by atoms with Crippen LogP contribution in [-0.2, 0) is 4.79 Å². The van der Waals surface area contributed by atoms with Crippen molar-refractivity contribution in [2.45, 2.75) is 32.7 Å². The summed E-state index contributed by atoms with van der Waals surface area (Å²) < 4.78 is 0. The van der Waals surface area contributed by atoms with Crippen molar-refractivity contribution in [3.05, 3.63) is 39.9 Å². The minimum atomic E-state index is -0.527. The zero-order valence-electron chi connectivity index (χ0n) is 12.1. The third-order valence-corrected chi connectivity index (χ3v) is 3.00. The highest BCUT2D eigenvalue weighted by molar-refractivity contribution is 5.94. The lowest BCUT2D eigenvalue weighted by Crippen LogP contribution is -2.35. The number of nitro benzene ring substituents is 1. The van der Waals surface area contributed by atoms with Gasteiger partial charge in [-0.05, 0) is 25.5 Å². The zero-order valence-corrected chi connectivity index (χ0v) is 12.1. The van der Waals surface area contributed by atoms with Crippen LogP contribution in [0.2, 0.25) is 0 Å². The summed E-state index contributed by atoms with van der Waals surface area (Å²) in [5.41, 5.74) is 0.252. The third kappa shape index (κ3) is 5.60. The molecule has 7 nitrogen and oxygen atoms in total. The first kappa shape index (κ1) is 16.6. The molecule has 0 aliphatic heterocycles. The Kier molecular flexibility index (Phi) is 6.32. The average molecular weight is 293 g/mol. The van der Waals surface area contributed by atoms with Crippen LogP contribution in [0.4, 0.5) is 5.69 Å². The first-order valence-corrected chi connectivity index (χ1v) is 6.76. The lowest BCUT2D eigenvalue weighted by atomic mass is 10.2. The maximum atomic E-state index is 11.8. The molecule has 0 saturated carbocycles. The smallest absolute Gasteiger partial charge is 0.269 e. The molecule has 0 radical (unpaired) electrons. The fraction of sp³-hybridized carbons (Fsp3) is 0.429. The molecular formula is C14H19N3O4. The second-order valence-corrected chi connectivity index (χ2v) is 4.69. The average Bonchev–Trinajstić information content (AvgIpc) is 2.46. The van der Waals surface area contributed by atoms with E-state index in [-0.39, 0.29) is 36.5 Å². The SMILES string of the molecule is CCC(C)NC(=O)CCNC(=O)c1ccc([N+](=O)[O-])cc1. The van der Waals surface area contributed by atoms with Gasteiger partial charge in [-0.25, -0.2) is 0 Å². The molecule has 0 fully saturated rings. The van der Waals surface area contributed by atoms with E-state index in [9.17, 15) is 19.7 Å². The topological polar surface area (TPSA) is 101 Å². The number of amides is 2. The first-order chi connectivity index (χ1) is 9.93. The minimum absolute atomic E-state index is 0.0699. The number of nitrogens with zero attached hydrogens (tertiary/aromatic N) is 1. The highest BCUT2D eigenvalue weighted by atomic mass is 16.6. The molecule has 7 heteroatoms. The Bertz CT molecular complexity index is 513. The van der Waals surface area contributed by atoms with E-state index < -0.39 is 4.92 Å². The Morgan fingerprint density at radius 1 is 1.29 bits per heavy atom. The fourth-order valence-electron chi connectivity index (χ4n) is 1.58. The summed E-state index contributed by atoms with van der Waals surface area (Å²) in [5, 5.41) is 15.9. The Morgan fingerprint density at radius 2 is 1.90 bits per heavy atom. The number of non-ortho nitro benzene ring substituents is 1. The number of carbonyl (C=O) groups is 2. The van der Waals surface area contributed by atoms with Crippen molar-refractivity contribution in [1.29, 1.82) is 0 Å². The van der Waals surface area contributed by atoms with Crippen molar-refractivity contribution in [2.75, 3.05) is 6.54 Å². The molecular weight excluding hydrogens is 274 g/mol. The van der Waals surface area contributed by atoms with Crippen LogP contribution in [-0.4, -0.2) is 29.3 Å². The fourth-order valence-corrected chi connectivity index (χ4v) is 1.58. The summed E-state index contributed by atoms with van der Waals surface area (Å²) in [5.74, 6) is -0.477. The maximum absolute atomic E-state index is 11.8. The first-order valence-electron chi connectivity index (χ1n) is 6.76. The molecule has 2 amide bonds. The molecule has 0 heterocycles. The van der Waals surface area contributed by atoms with Gasteiger partial charge < -0.3 is 10.6 Å². The molecule has 2 N–H and O–H groups in total. The predicted molar refractivity (Wildman–Crippen MR) is 77.9 cm³/mol. The van der Waals surface area contributed by atoms with Crippen molar-refractivity contribution in [3.63, 3.8) is 0 Å². The van der Waals surface area contributed by atoms with E-state index in [0.29, 0.717) is 5.56 Å². The molecule has 0 aliphatic rings. The van der Waals surface area contributed by atoms with Gasteiger partial charge in [0.25, 0.3) is 11.6 Å². The van der Waals surface area contributed by atoms with Crippen molar-refractivity contribution in [1.82, 2.24) is 10.6 Å². The van der Waals surface area contributed by atoms with E-state index in [0.717, 1.165) is 6.42 Å². The molecule has 114 valence electrons. The van der Waals surface area contributed by atoms with Crippen molar-refractivity contribution in [2.24, 2.45) is 0 Å². The quantitative estimate of drug-likeness (QED) is 0.589. The Hall–Kier alpha value is -2.44. The Balaban J connectivity index is 2.40. The van der Waals surface area contributed by atoms with Crippen LogP contribution < -0.4 is 10.6 Å². The van der Waals surface area contributed by atoms with E-state index in [1.807, 2.05) is 13.8 Å². The van der Waals surface area contributed by atoms with E-state index in [1.54, 1.807) is 0 Å². The van der Waals surface area contributed by atoms with E-state index in [2.05, 4.69) is 10.6 Å². The van der Waals surface area contributed by atoms with Crippen molar-refractivity contribution >= 4 is 17.5 Å². The molecule has 1 atom stereocenters. The Labute approximate surface area is 122 Å². The van der Waals surface area contributed by atoms with Gasteiger partial charge in [-0.2, -0.15) is 0 Å². The molecule has 1 rings (SSSR count). The molecule has 21 heavy (non-hydrogen) atoms. The van der Waals surface area contributed by atoms with Crippen LogP contribution in [0.3, 0.4) is 0 Å². The maximum Gasteiger partial charge on any atom is 0.269 e. The summed E-state index contributed by atoms with van der Waals surface area (Å²) in [6.45, 7) is 4.10. The Morgan fingerprint density at radius 3 is 2.43 bits per heavy atom. The summed E-state index contributed by atoms with van der Waals surface area (Å²) >= 11 is 0. The summed E-state index contributed by atoms with van der Waals surface area (Å²) in [6, 6.07) is 5.41. The zero-order chi connectivity index (χ0) is 15.8. The highest BCUT2D eigenvalue weighted by Crippen LogP contribution is 2.11. The van der Waals surface area contributed by atoms with E-state index in [4.69, 9.17) is 0 Å². The highest BCUT2D eigenvalue weighted by Gasteiger charge is 2.10. The monoisotopic (exact) mass is 293 g/mol. The number of hydrogen-bond donors (Lipinski definition) is 2. The lowest BCUT2D eigenvalue weighted by Gasteiger charge is -2.11. The van der Waals surface area contributed by atoms with Crippen LogP contribution in [0, 0.1) is 10.1 Å². The standard InChI is InChI=1S/C14H19N3O4/c1-3-10(2)16-13(18)8-9-15-14(19)11-4-6-12(7-5-11)17(20)21/h4-7,10H,3,8-9H2,1-2H3,(H,15,19)(H,16,18). The summed E-state index contributed by atoms with van der Waals surface area (Å²) in [4.78, 5) is 33.3. The molecule has 0 bridgehead atoms. The van der Waals surface area contributed by atoms with Crippen LogP contribution in [0.15, 0.2) is 24.3 Å². The van der Waals surface area contributed by atoms with Gasteiger partial charge in [-0.3, -0.25) is 19.7 Å². The predicted octanol–water partition coefficient (Wildman–Crippen LogP) is 1.63. The molecule has 0 aliphatic carbocycles. The van der Waals surface area contributed by atoms with Gasteiger partial charge in [-0.15, -0.1) is 0 Å². The minimum Gasteiger partial charge on any atom is -0.354 e. The normalized spacial score (nSPS) is 11.5. The van der Waals surface area contributed by atoms with Gasteiger partial charge in [0.15, 0.2) is 0 Å². The van der Waals surface area contributed by atoms with E-state index >= 15 is 0 Å². The number of benzene rings is 1. The number of nitrogens with one attached hydrogen (secondary N) is 2. The van der Waals surface area contributed by atoms with E-state index in [1.165, 1.54) is 24.3 Å². The van der Waals surface area contributed by atoms with Crippen LogP contribution >= 0.6 is 0 Å². The second-order valence-electron chi connectivity index (χ2n) is 4.69. The van der Waals surface area contributed by atoms with Crippen LogP contribution in [0.25, 0.3) is 0 Å². The molecule has 0 spiro atoms. The van der Waals surface area contributed by atoms with Crippen molar-refractivity contribution in [3.8, 4) is 0 Å². The third-order valence-electron chi connectivity index (χ3n) is 3.00. The summed E-state index contributed by atoms with van der Waals surface area (Å²) in [7, 11) is 0. The molecule has 0 aromatic heterocycles. The van der Waals surface area contributed by atoms with Gasteiger partial charge in [0.2, 0.25) is 5.91 Å². The number of rotatable bonds is 7. The molecule has 0 saturated heterocycles. The van der Waals surface area contributed by atoms with Crippen LogP contribution in [0.5, 0.6) is 0 Å². The largest absolute Gasteiger partial charge is 0.354 e. The number of hydrogen-bond acceptors (Lipinski definition) is 4. The van der Waals surface area contributed by atoms with Gasteiger partial charge >= 0.3 is 0 Å². The lowest BCUT2D eigenvalue weighted by molar-refractivity contribution is -0.384. The molecule has 1 unspecified atom stereocenters. The van der Waals surface area contributed by atoms with Crippen molar-refractivity contribution < 1.29 is 14.5 Å². The number of carbonyl (C=O) groups excluding carboxylic acids is 2. The summed E-state index contributed by atoms with van der Waals surface area (Å²) in [6.07, 6.45) is 1.05. The molecule has 1 aromatic carbocycles. The van der Waals surface area contributed by atoms with Gasteiger partial charge in [0, 0.05) is 36.7 Å².